The molecular weight excluding hydrogens is 400 g/mol. The zero-order valence-electron chi connectivity index (χ0n) is 15.5. The molecule has 0 saturated carbocycles. The molecule has 0 aliphatic carbocycles. The second-order valence-electron chi connectivity index (χ2n) is 6.86. The van der Waals surface area contributed by atoms with Gasteiger partial charge in [-0.3, -0.25) is 4.79 Å². The second-order valence-corrected chi connectivity index (χ2v) is 10.9. The first-order chi connectivity index (χ1) is 13.1. The summed E-state index contributed by atoms with van der Waals surface area (Å²) in [6.45, 7) is 1.08. The maximum atomic E-state index is 12.5. The number of carbonyl (C=O) groups is 1. The first kappa shape index (κ1) is 20.5. The highest BCUT2D eigenvalue weighted by Crippen LogP contribution is 2.22. The quantitative estimate of drug-likeness (QED) is 0.770. The molecule has 9 heteroatoms. The van der Waals surface area contributed by atoms with E-state index in [0.717, 1.165) is 19.1 Å². The number of nitrogens with one attached hydrogen (secondary N) is 1. The van der Waals surface area contributed by atoms with Crippen LogP contribution in [0.1, 0.15) is 28.8 Å². The molecule has 28 heavy (non-hydrogen) atoms. The molecule has 1 amide bonds. The normalized spacial score (nSPS) is 15.5. The van der Waals surface area contributed by atoms with Gasteiger partial charge in [-0.2, -0.15) is 4.31 Å². The van der Waals surface area contributed by atoms with E-state index in [0.29, 0.717) is 29.9 Å². The van der Waals surface area contributed by atoms with Crippen LogP contribution in [0.5, 0.6) is 0 Å². The molecule has 1 aliphatic heterocycles. The molecule has 3 rings (SSSR count). The number of nitrogens with zero attached hydrogens (tertiary/aromatic N) is 1. The van der Waals surface area contributed by atoms with E-state index in [9.17, 15) is 21.6 Å². The highest BCUT2D eigenvalue weighted by Gasteiger charge is 2.26. The summed E-state index contributed by atoms with van der Waals surface area (Å²) in [5.74, 6) is -0.442. The lowest BCUT2D eigenvalue weighted by molar-refractivity contribution is 0.102. The number of sulfone groups is 1. The van der Waals surface area contributed by atoms with Gasteiger partial charge in [0.1, 0.15) is 0 Å². The molecule has 0 aromatic heterocycles. The van der Waals surface area contributed by atoms with Crippen molar-refractivity contribution in [3.8, 4) is 0 Å². The van der Waals surface area contributed by atoms with Crippen molar-refractivity contribution >= 4 is 31.5 Å². The predicted molar refractivity (Wildman–Crippen MR) is 107 cm³/mol. The Balaban J connectivity index is 1.67. The van der Waals surface area contributed by atoms with E-state index >= 15 is 0 Å². The Hall–Kier alpha value is -2.23. The molecule has 0 unspecified atom stereocenters. The van der Waals surface area contributed by atoms with Crippen molar-refractivity contribution in [1.82, 2.24) is 4.31 Å². The van der Waals surface area contributed by atoms with Crippen LogP contribution in [0.2, 0.25) is 0 Å². The van der Waals surface area contributed by atoms with Crippen molar-refractivity contribution in [3.63, 3.8) is 0 Å². The Morgan fingerprint density at radius 2 is 1.50 bits per heavy atom. The van der Waals surface area contributed by atoms with Crippen molar-refractivity contribution in [2.75, 3.05) is 24.7 Å². The van der Waals surface area contributed by atoms with Crippen LogP contribution in [0, 0.1) is 0 Å². The van der Waals surface area contributed by atoms with Gasteiger partial charge in [-0.15, -0.1) is 0 Å². The van der Waals surface area contributed by atoms with Gasteiger partial charge in [-0.1, -0.05) is 12.1 Å². The lowest BCUT2D eigenvalue weighted by Gasteiger charge is -2.15. The Bertz CT molecular complexity index is 1050. The minimum atomic E-state index is -3.48. The number of sulfonamides is 1. The second kappa shape index (κ2) is 8.02. The van der Waals surface area contributed by atoms with Crippen LogP contribution < -0.4 is 5.32 Å². The van der Waals surface area contributed by atoms with Gasteiger partial charge in [-0.25, -0.2) is 16.8 Å². The van der Waals surface area contributed by atoms with E-state index in [4.69, 9.17) is 0 Å². The fourth-order valence-corrected chi connectivity index (χ4v) is 5.36. The van der Waals surface area contributed by atoms with Crippen LogP contribution >= 0.6 is 0 Å². The van der Waals surface area contributed by atoms with Gasteiger partial charge in [0.2, 0.25) is 10.0 Å². The monoisotopic (exact) mass is 422 g/mol. The lowest BCUT2D eigenvalue weighted by atomic mass is 10.1. The highest BCUT2D eigenvalue weighted by molar-refractivity contribution is 7.90. The Morgan fingerprint density at radius 1 is 0.929 bits per heavy atom. The van der Waals surface area contributed by atoms with Crippen molar-refractivity contribution in [1.29, 1.82) is 0 Å². The summed E-state index contributed by atoms with van der Waals surface area (Å²) in [6, 6.07) is 12.4. The molecule has 1 aliphatic rings. The van der Waals surface area contributed by atoms with E-state index in [-0.39, 0.29) is 16.6 Å². The molecule has 0 radical (unpaired) electrons. The van der Waals surface area contributed by atoms with Crippen LogP contribution in [0.25, 0.3) is 0 Å². The zero-order chi connectivity index (χ0) is 20.4. The molecule has 0 spiro atoms. The van der Waals surface area contributed by atoms with E-state index in [2.05, 4.69) is 5.32 Å². The van der Waals surface area contributed by atoms with Gasteiger partial charge in [0.15, 0.2) is 9.84 Å². The third kappa shape index (κ3) is 4.98. The topological polar surface area (TPSA) is 101 Å². The summed E-state index contributed by atoms with van der Waals surface area (Å²) in [7, 11) is -6.62. The average Bonchev–Trinajstić information content (AvgIpc) is 3.17. The molecule has 1 saturated heterocycles. The predicted octanol–water partition coefficient (Wildman–Crippen LogP) is 2.27. The van der Waals surface area contributed by atoms with Gasteiger partial charge in [-0.05, 0) is 54.8 Å². The Kier molecular flexibility index (Phi) is 5.87. The molecule has 1 N–H and O–H groups in total. The summed E-state index contributed by atoms with van der Waals surface area (Å²) >= 11 is 0. The van der Waals surface area contributed by atoms with Gasteiger partial charge in [0.25, 0.3) is 5.91 Å². The largest absolute Gasteiger partial charge is 0.322 e. The van der Waals surface area contributed by atoms with Gasteiger partial charge in [0, 0.05) is 30.6 Å². The molecule has 2 aromatic rings. The van der Waals surface area contributed by atoms with Crippen LogP contribution in [0.4, 0.5) is 5.69 Å². The van der Waals surface area contributed by atoms with E-state index in [1.54, 1.807) is 36.4 Å². The van der Waals surface area contributed by atoms with E-state index < -0.39 is 19.9 Å². The summed E-state index contributed by atoms with van der Waals surface area (Å²) in [5.41, 5.74) is 1.46. The number of rotatable bonds is 6. The van der Waals surface area contributed by atoms with Gasteiger partial charge in [0.05, 0.1) is 10.6 Å². The third-order valence-corrected chi connectivity index (χ3v) is 7.23. The van der Waals surface area contributed by atoms with Crippen molar-refractivity contribution in [2.45, 2.75) is 23.5 Å². The SMILES string of the molecule is CS(=O)(=O)Cc1ccc(C(=O)Nc2ccc(S(=O)(=O)N3CCCC3)cc2)cc1. The van der Waals surface area contributed by atoms with Crippen LogP contribution in [-0.2, 0) is 25.6 Å². The molecule has 150 valence electrons. The fraction of sp³-hybridized carbons (Fsp3) is 0.316. The summed E-state index contributed by atoms with van der Waals surface area (Å²) in [4.78, 5) is 12.6. The standard InChI is InChI=1S/C19H22N2O5S2/c1-27(23,24)14-15-4-6-16(7-5-15)19(22)20-17-8-10-18(11-9-17)28(25,26)21-12-2-3-13-21/h4-11H,2-3,12-14H2,1H3,(H,20,22). The maximum absolute atomic E-state index is 12.5. The molecule has 1 heterocycles. The summed E-state index contributed by atoms with van der Waals surface area (Å²) in [5, 5.41) is 2.71. The smallest absolute Gasteiger partial charge is 0.255 e. The summed E-state index contributed by atoms with van der Waals surface area (Å²) in [6.07, 6.45) is 2.90. The van der Waals surface area contributed by atoms with Crippen molar-refractivity contribution in [2.24, 2.45) is 0 Å². The maximum Gasteiger partial charge on any atom is 0.255 e. The molecule has 0 bridgehead atoms. The molecule has 0 atom stereocenters. The fourth-order valence-electron chi connectivity index (χ4n) is 3.05. The van der Waals surface area contributed by atoms with Crippen molar-refractivity contribution < 1.29 is 21.6 Å². The first-order valence-corrected chi connectivity index (χ1v) is 12.3. The number of hydrogen-bond donors (Lipinski definition) is 1. The number of carbonyl (C=O) groups excluding carboxylic acids is 1. The minimum absolute atomic E-state index is 0.0815. The minimum Gasteiger partial charge on any atom is -0.322 e. The number of hydrogen-bond acceptors (Lipinski definition) is 5. The third-order valence-electron chi connectivity index (χ3n) is 4.46. The van der Waals surface area contributed by atoms with E-state index in [1.165, 1.54) is 16.4 Å². The van der Waals surface area contributed by atoms with Gasteiger partial charge < -0.3 is 5.32 Å². The average molecular weight is 423 g/mol. The lowest BCUT2D eigenvalue weighted by Crippen LogP contribution is -2.27. The molecule has 7 nitrogen and oxygen atoms in total. The van der Waals surface area contributed by atoms with Crippen LogP contribution in [-0.4, -0.2) is 46.4 Å². The molecular formula is C19H22N2O5S2. The van der Waals surface area contributed by atoms with Gasteiger partial charge >= 0.3 is 0 Å². The van der Waals surface area contributed by atoms with E-state index in [1.807, 2.05) is 0 Å². The molecule has 1 fully saturated rings. The summed E-state index contributed by atoms with van der Waals surface area (Å²) < 4.78 is 49.1. The van der Waals surface area contributed by atoms with Crippen LogP contribution in [0.3, 0.4) is 0 Å². The highest BCUT2D eigenvalue weighted by atomic mass is 32.2. The number of amides is 1. The zero-order valence-corrected chi connectivity index (χ0v) is 17.1. The first-order valence-electron chi connectivity index (χ1n) is 8.83. The Labute approximate surface area is 165 Å². The van der Waals surface area contributed by atoms with Crippen LogP contribution in [0.15, 0.2) is 53.4 Å². The van der Waals surface area contributed by atoms with Crippen molar-refractivity contribution in [3.05, 3.63) is 59.7 Å². The number of anilines is 1. The number of benzene rings is 2. The molecule has 2 aromatic carbocycles. The Morgan fingerprint density at radius 3 is 2.04 bits per heavy atom.